The minimum absolute atomic E-state index is 0.510. The van der Waals surface area contributed by atoms with Crippen LogP contribution in [0.5, 0.6) is 0 Å². The van der Waals surface area contributed by atoms with E-state index in [2.05, 4.69) is 19.9 Å². The molecule has 0 amide bonds. The smallest absolute Gasteiger partial charge is 0.129 e. The molecule has 0 bridgehead atoms. The fourth-order valence-electron chi connectivity index (χ4n) is 2.28. The van der Waals surface area contributed by atoms with Gasteiger partial charge in [0.25, 0.3) is 0 Å². The van der Waals surface area contributed by atoms with Crippen molar-refractivity contribution in [1.82, 2.24) is 14.9 Å². The van der Waals surface area contributed by atoms with Crippen LogP contribution in [0.2, 0.25) is 10.3 Å². The van der Waals surface area contributed by atoms with Gasteiger partial charge in [-0.15, -0.1) is 0 Å². The lowest BCUT2D eigenvalue weighted by atomic mass is 10.2. The van der Waals surface area contributed by atoms with Crippen LogP contribution in [0.25, 0.3) is 0 Å². The molecular formula is C15H14Cl2N4. The largest absolute Gasteiger partial charge is 0.354 e. The van der Waals surface area contributed by atoms with E-state index in [0.717, 1.165) is 43.0 Å². The van der Waals surface area contributed by atoms with Crippen molar-refractivity contribution in [3.63, 3.8) is 0 Å². The third-order valence-electron chi connectivity index (χ3n) is 3.34. The number of amidine groups is 1. The summed E-state index contributed by atoms with van der Waals surface area (Å²) in [5.41, 5.74) is 2.24. The zero-order chi connectivity index (χ0) is 14.7. The van der Waals surface area contributed by atoms with Crippen molar-refractivity contribution in [2.24, 2.45) is 4.99 Å². The summed E-state index contributed by atoms with van der Waals surface area (Å²) < 4.78 is 0. The van der Waals surface area contributed by atoms with Gasteiger partial charge in [0.1, 0.15) is 16.1 Å². The van der Waals surface area contributed by atoms with Crippen molar-refractivity contribution >= 4 is 29.0 Å². The highest BCUT2D eigenvalue weighted by atomic mass is 35.5. The number of nitrogens with zero attached hydrogens (tertiary/aromatic N) is 4. The summed E-state index contributed by atoms with van der Waals surface area (Å²) in [5.74, 6) is 1.08. The molecule has 0 radical (unpaired) electrons. The highest BCUT2D eigenvalue weighted by Crippen LogP contribution is 2.14. The molecule has 6 heteroatoms. The number of hydrogen-bond donors (Lipinski definition) is 0. The number of halogens is 2. The van der Waals surface area contributed by atoms with Crippen molar-refractivity contribution in [3.8, 4) is 0 Å². The molecule has 2 aromatic rings. The van der Waals surface area contributed by atoms with Gasteiger partial charge in [-0.1, -0.05) is 35.3 Å². The molecule has 0 unspecified atom stereocenters. The van der Waals surface area contributed by atoms with Gasteiger partial charge in [-0.05, 0) is 23.3 Å². The van der Waals surface area contributed by atoms with Crippen molar-refractivity contribution in [2.45, 2.75) is 13.0 Å². The maximum atomic E-state index is 5.81. The molecule has 0 aliphatic carbocycles. The summed E-state index contributed by atoms with van der Waals surface area (Å²) in [4.78, 5) is 15.1. The molecule has 0 atom stereocenters. The quantitative estimate of drug-likeness (QED) is 0.812. The summed E-state index contributed by atoms with van der Waals surface area (Å²) in [6.07, 6.45) is 4.37. The Hall–Kier alpha value is -1.65. The van der Waals surface area contributed by atoms with E-state index in [4.69, 9.17) is 23.2 Å². The molecule has 0 saturated heterocycles. The van der Waals surface area contributed by atoms with Gasteiger partial charge in [0.15, 0.2) is 0 Å². The molecule has 1 aliphatic heterocycles. The number of pyridine rings is 2. The van der Waals surface area contributed by atoms with E-state index in [1.54, 1.807) is 12.3 Å². The predicted molar refractivity (Wildman–Crippen MR) is 84.9 cm³/mol. The van der Waals surface area contributed by atoms with Crippen molar-refractivity contribution in [2.75, 3.05) is 13.1 Å². The van der Waals surface area contributed by atoms with Crippen molar-refractivity contribution in [1.29, 1.82) is 0 Å². The maximum absolute atomic E-state index is 5.81. The van der Waals surface area contributed by atoms with Crippen LogP contribution in [-0.4, -0.2) is 33.8 Å². The minimum Gasteiger partial charge on any atom is -0.354 e. The second-order valence-electron chi connectivity index (χ2n) is 4.87. The molecule has 2 aromatic heterocycles. The Kier molecular flexibility index (Phi) is 4.36. The van der Waals surface area contributed by atoms with E-state index in [1.807, 2.05) is 24.4 Å². The van der Waals surface area contributed by atoms with E-state index in [0.29, 0.717) is 10.3 Å². The van der Waals surface area contributed by atoms with Gasteiger partial charge in [-0.3, -0.25) is 4.99 Å². The second kappa shape index (κ2) is 6.41. The Balaban J connectivity index is 1.67. The monoisotopic (exact) mass is 320 g/mol. The van der Waals surface area contributed by atoms with E-state index >= 15 is 0 Å². The Bertz CT molecular complexity index is 638. The Morgan fingerprint density at radius 1 is 0.952 bits per heavy atom. The average molecular weight is 321 g/mol. The van der Waals surface area contributed by atoms with E-state index in [1.165, 1.54) is 0 Å². The third-order valence-corrected chi connectivity index (χ3v) is 3.79. The first-order chi connectivity index (χ1) is 10.2. The fraction of sp³-hybridized carbons (Fsp3) is 0.267. The molecule has 0 N–H and O–H groups in total. The van der Waals surface area contributed by atoms with Crippen LogP contribution in [0.3, 0.4) is 0 Å². The topological polar surface area (TPSA) is 41.4 Å². The van der Waals surface area contributed by atoms with Crippen LogP contribution in [0.1, 0.15) is 11.1 Å². The van der Waals surface area contributed by atoms with Gasteiger partial charge in [-0.25, -0.2) is 9.97 Å². The Morgan fingerprint density at radius 3 is 2.24 bits per heavy atom. The lowest BCUT2D eigenvalue weighted by Gasteiger charge is -2.20. The summed E-state index contributed by atoms with van der Waals surface area (Å²) in [7, 11) is 0. The summed E-state index contributed by atoms with van der Waals surface area (Å²) in [5, 5.41) is 1.03. The average Bonchev–Trinajstić information content (AvgIpc) is 2.91. The summed E-state index contributed by atoms with van der Waals surface area (Å²) >= 11 is 11.6. The molecule has 0 spiro atoms. The normalized spacial score (nSPS) is 14.4. The zero-order valence-electron chi connectivity index (χ0n) is 11.3. The predicted octanol–water partition coefficient (Wildman–Crippen LogP) is 3.24. The fourth-order valence-corrected chi connectivity index (χ4v) is 2.50. The van der Waals surface area contributed by atoms with Gasteiger partial charge < -0.3 is 4.90 Å². The molecule has 3 rings (SSSR count). The van der Waals surface area contributed by atoms with E-state index in [-0.39, 0.29) is 0 Å². The van der Waals surface area contributed by atoms with Crippen LogP contribution in [-0.2, 0) is 13.0 Å². The molecule has 0 saturated carbocycles. The molecule has 1 aliphatic rings. The number of rotatable bonds is 4. The first-order valence-electron chi connectivity index (χ1n) is 6.70. The van der Waals surface area contributed by atoms with Crippen LogP contribution in [0.15, 0.2) is 41.7 Å². The Morgan fingerprint density at radius 2 is 1.62 bits per heavy atom. The number of aliphatic imine (C=N–C) groups is 1. The molecule has 0 fully saturated rings. The van der Waals surface area contributed by atoms with Gasteiger partial charge in [-0.2, -0.15) is 0 Å². The summed E-state index contributed by atoms with van der Waals surface area (Å²) in [6, 6.07) is 7.60. The van der Waals surface area contributed by atoms with Crippen molar-refractivity contribution < 1.29 is 0 Å². The first-order valence-corrected chi connectivity index (χ1v) is 7.45. The molecule has 4 nitrogen and oxygen atoms in total. The SMILES string of the molecule is Clc1ccc(CC2=NCCN2Cc2ccc(Cl)nc2)cn1. The van der Waals surface area contributed by atoms with Gasteiger partial charge in [0.05, 0.1) is 6.54 Å². The maximum Gasteiger partial charge on any atom is 0.129 e. The molecule has 21 heavy (non-hydrogen) atoms. The van der Waals surface area contributed by atoms with Gasteiger partial charge in [0, 0.05) is 31.9 Å². The van der Waals surface area contributed by atoms with Gasteiger partial charge >= 0.3 is 0 Å². The van der Waals surface area contributed by atoms with E-state index in [9.17, 15) is 0 Å². The lowest BCUT2D eigenvalue weighted by Crippen LogP contribution is -2.28. The van der Waals surface area contributed by atoms with Gasteiger partial charge in [0.2, 0.25) is 0 Å². The Labute approximate surface area is 133 Å². The van der Waals surface area contributed by atoms with Crippen LogP contribution in [0.4, 0.5) is 0 Å². The van der Waals surface area contributed by atoms with E-state index < -0.39 is 0 Å². The molecular weight excluding hydrogens is 307 g/mol. The van der Waals surface area contributed by atoms with Crippen LogP contribution >= 0.6 is 23.2 Å². The lowest BCUT2D eigenvalue weighted by molar-refractivity contribution is 0.445. The molecule has 108 valence electrons. The third kappa shape index (κ3) is 3.71. The second-order valence-corrected chi connectivity index (χ2v) is 5.65. The highest BCUT2D eigenvalue weighted by molar-refractivity contribution is 6.29. The van der Waals surface area contributed by atoms with Crippen LogP contribution < -0.4 is 0 Å². The highest BCUT2D eigenvalue weighted by Gasteiger charge is 2.17. The van der Waals surface area contributed by atoms with Crippen molar-refractivity contribution in [3.05, 3.63) is 58.1 Å². The van der Waals surface area contributed by atoms with Crippen LogP contribution in [0, 0.1) is 0 Å². The summed E-state index contributed by atoms with van der Waals surface area (Å²) in [6.45, 7) is 2.56. The molecule has 3 heterocycles. The number of aromatic nitrogens is 2. The first kappa shape index (κ1) is 14.3. The molecule has 0 aromatic carbocycles. The minimum atomic E-state index is 0.510. The number of hydrogen-bond acceptors (Lipinski definition) is 4. The standard InChI is InChI=1S/C15H14Cl2N4/c16-13-3-1-11(8-19-13)7-15-18-5-6-21(15)10-12-2-4-14(17)20-9-12/h1-4,8-9H,5-7,10H2. The zero-order valence-corrected chi connectivity index (χ0v) is 12.8.